The van der Waals surface area contributed by atoms with Crippen LogP contribution in [0.2, 0.25) is 0 Å². The summed E-state index contributed by atoms with van der Waals surface area (Å²) in [5.41, 5.74) is 0.853. The fraction of sp³-hybridized carbons (Fsp3) is 0.562. The lowest BCUT2D eigenvalue weighted by atomic mass is 9.87. The summed E-state index contributed by atoms with van der Waals surface area (Å²) in [4.78, 5) is 0.370. The van der Waals surface area contributed by atoms with Gasteiger partial charge in [-0.05, 0) is 41.4 Å². The standard InChI is InChI=1S/C16H21NO2S/c1-15(2,3)13-4-6-14(7-5-13)20(18,19)12-16(8-9-16)10-11-17/h4-7H,8-10,12H2,1-3H3. The average Bonchev–Trinajstić information content (AvgIpc) is 3.07. The van der Waals surface area contributed by atoms with Gasteiger partial charge in [-0.25, -0.2) is 8.42 Å². The minimum atomic E-state index is -3.29. The van der Waals surface area contributed by atoms with E-state index in [4.69, 9.17) is 5.26 Å². The molecule has 0 spiro atoms. The molecule has 1 aliphatic rings. The lowest BCUT2D eigenvalue weighted by Gasteiger charge is -2.19. The first kappa shape index (κ1) is 15.1. The fourth-order valence-corrected chi connectivity index (χ4v) is 4.28. The Hall–Kier alpha value is -1.34. The van der Waals surface area contributed by atoms with Gasteiger partial charge in [0.05, 0.1) is 16.7 Å². The second kappa shape index (κ2) is 4.89. The first-order chi connectivity index (χ1) is 9.19. The summed E-state index contributed by atoms with van der Waals surface area (Å²) in [6.07, 6.45) is 2.03. The van der Waals surface area contributed by atoms with Crippen molar-refractivity contribution in [3.05, 3.63) is 29.8 Å². The quantitative estimate of drug-likeness (QED) is 0.853. The molecule has 4 heteroatoms. The van der Waals surface area contributed by atoms with Gasteiger partial charge >= 0.3 is 0 Å². The van der Waals surface area contributed by atoms with Crippen LogP contribution >= 0.6 is 0 Å². The number of nitrogens with zero attached hydrogens (tertiary/aromatic N) is 1. The van der Waals surface area contributed by atoms with Crippen molar-refractivity contribution in [1.82, 2.24) is 0 Å². The van der Waals surface area contributed by atoms with Crippen LogP contribution in [0.3, 0.4) is 0 Å². The molecular weight excluding hydrogens is 270 g/mol. The van der Waals surface area contributed by atoms with Crippen LogP contribution in [0.5, 0.6) is 0 Å². The predicted octanol–water partition coefficient (Wildman–Crippen LogP) is 3.45. The Morgan fingerprint density at radius 3 is 2.15 bits per heavy atom. The molecule has 0 heterocycles. The molecule has 0 N–H and O–H groups in total. The highest BCUT2D eigenvalue weighted by Crippen LogP contribution is 2.50. The van der Waals surface area contributed by atoms with Crippen molar-refractivity contribution in [3.63, 3.8) is 0 Å². The van der Waals surface area contributed by atoms with Gasteiger partial charge < -0.3 is 0 Å². The van der Waals surface area contributed by atoms with Crippen molar-refractivity contribution in [1.29, 1.82) is 5.26 Å². The van der Waals surface area contributed by atoms with E-state index in [0.29, 0.717) is 11.3 Å². The summed E-state index contributed by atoms with van der Waals surface area (Å²) < 4.78 is 24.8. The Balaban J connectivity index is 2.21. The van der Waals surface area contributed by atoms with Crippen molar-refractivity contribution in [2.75, 3.05) is 5.75 Å². The van der Waals surface area contributed by atoms with E-state index in [1.165, 1.54) is 0 Å². The van der Waals surface area contributed by atoms with Crippen molar-refractivity contribution < 1.29 is 8.42 Å². The molecule has 0 radical (unpaired) electrons. The third kappa shape index (κ3) is 3.21. The number of sulfone groups is 1. The van der Waals surface area contributed by atoms with Crippen LogP contribution in [0.15, 0.2) is 29.2 Å². The van der Waals surface area contributed by atoms with Crippen LogP contribution in [0.4, 0.5) is 0 Å². The number of rotatable bonds is 4. The summed E-state index contributed by atoms with van der Waals surface area (Å²) in [7, 11) is -3.29. The van der Waals surface area contributed by atoms with Gasteiger partial charge in [-0.3, -0.25) is 0 Å². The summed E-state index contributed by atoms with van der Waals surface area (Å²) >= 11 is 0. The molecule has 0 saturated heterocycles. The monoisotopic (exact) mass is 291 g/mol. The van der Waals surface area contributed by atoms with Crippen LogP contribution in [0, 0.1) is 16.7 Å². The second-order valence-corrected chi connectivity index (χ2v) is 8.86. The van der Waals surface area contributed by atoms with Crippen LogP contribution in [0.25, 0.3) is 0 Å². The van der Waals surface area contributed by atoms with E-state index in [1.807, 2.05) is 12.1 Å². The first-order valence-electron chi connectivity index (χ1n) is 6.89. The first-order valence-corrected chi connectivity index (χ1v) is 8.54. The van der Waals surface area contributed by atoms with Crippen molar-refractivity contribution in [3.8, 4) is 6.07 Å². The lowest BCUT2D eigenvalue weighted by Crippen LogP contribution is -2.18. The zero-order chi connectivity index (χ0) is 15.0. The third-order valence-electron chi connectivity index (χ3n) is 3.99. The molecule has 1 aromatic rings. The molecule has 1 fully saturated rings. The van der Waals surface area contributed by atoms with Crippen LogP contribution in [0.1, 0.15) is 45.6 Å². The molecule has 0 bridgehead atoms. The number of nitriles is 1. The highest BCUT2D eigenvalue weighted by atomic mass is 32.2. The Morgan fingerprint density at radius 1 is 1.20 bits per heavy atom. The van der Waals surface area contributed by atoms with Gasteiger partial charge in [0.2, 0.25) is 0 Å². The molecule has 1 saturated carbocycles. The molecule has 108 valence electrons. The molecule has 3 nitrogen and oxygen atoms in total. The number of benzene rings is 1. The molecule has 2 rings (SSSR count). The Bertz CT molecular complexity index is 627. The minimum Gasteiger partial charge on any atom is -0.224 e. The van der Waals surface area contributed by atoms with Crippen molar-refractivity contribution in [2.45, 2.75) is 50.3 Å². The zero-order valence-corrected chi connectivity index (χ0v) is 13.1. The van der Waals surface area contributed by atoms with Gasteiger partial charge in [-0.2, -0.15) is 5.26 Å². The van der Waals surface area contributed by atoms with Gasteiger partial charge in [0.25, 0.3) is 0 Å². The maximum absolute atomic E-state index is 12.4. The second-order valence-electron chi connectivity index (χ2n) is 6.87. The van der Waals surface area contributed by atoms with E-state index in [1.54, 1.807) is 12.1 Å². The molecular formula is C16H21NO2S. The molecule has 20 heavy (non-hydrogen) atoms. The lowest BCUT2D eigenvalue weighted by molar-refractivity contribution is 0.547. The van der Waals surface area contributed by atoms with Gasteiger partial charge in [-0.1, -0.05) is 32.9 Å². The minimum absolute atomic E-state index is 0.0147. The average molecular weight is 291 g/mol. The smallest absolute Gasteiger partial charge is 0.178 e. The summed E-state index contributed by atoms with van der Waals surface area (Å²) in [6, 6.07) is 9.27. The topological polar surface area (TPSA) is 57.9 Å². The van der Waals surface area contributed by atoms with E-state index < -0.39 is 9.84 Å². The molecule has 0 aromatic heterocycles. The van der Waals surface area contributed by atoms with Crippen molar-refractivity contribution in [2.24, 2.45) is 5.41 Å². The van der Waals surface area contributed by atoms with E-state index in [2.05, 4.69) is 26.8 Å². The van der Waals surface area contributed by atoms with E-state index in [9.17, 15) is 8.42 Å². The van der Waals surface area contributed by atoms with Gasteiger partial charge in [0.1, 0.15) is 0 Å². The van der Waals surface area contributed by atoms with Crippen LogP contribution in [-0.2, 0) is 15.3 Å². The summed E-state index contributed by atoms with van der Waals surface area (Å²) in [6.45, 7) is 6.30. The number of hydrogen-bond acceptors (Lipinski definition) is 3. The maximum Gasteiger partial charge on any atom is 0.178 e. The normalized spacial score (nSPS) is 17.5. The van der Waals surface area contributed by atoms with Gasteiger partial charge in [0, 0.05) is 6.42 Å². The number of hydrogen-bond donors (Lipinski definition) is 0. The fourth-order valence-electron chi connectivity index (χ4n) is 2.37. The maximum atomic E-state index is 12.4. The molecule has 0 amide bonds. The summed E-state index contributed by atoms with van der Waals surface area (Å²) in [5.74, 6) is 0.0996. The molecule has 0 unspecified atom stereocenters. The SMILES string of the molecule is CC(C)(C)c1ccc(S(=O)(=O)CC2(CC#N)CC2)cc1. The Kier molecular flexibility index (Phi) is 3.68. The highest BCUT2D eigenvalue weighted by Gasteiger charge is 2.46. The molecule has 0 aliphatic heterocycles. The van der Waals surface area contributed by atoms with E-state index in [0.717, 1.165) is 18.4 Å². The van der Waals surface area contributed by atoms with Crippen LogP contribution in [-0.4, -0.2) is 14.2 Å². The zero-order valence-electron chi connectivity index (χ0n) is 12.3. The largest absolute Gasteiger partial charge is 0.224 e. The van der Waals surface area contributed by atoms with Gasteiger partial charge in [-0.15, -0.1) is 0 Å². The van der Waals surface area contributed by atoms with Gasteiger partial charge in [0.15, 0.2) is 9.84 Å². The van der Waals surface area contributed by atoms with E-state index in [-0.39, 0.29) is 16.6 Å². The Labute approximate surface area is 121 Å². The Morgan fingerprint density at radius 2 is 1.75 bits per heavy atom. The molecule has 0 atom stereocenters. The third-order valence-corrected chi connectivity index (χ3v) is 5.97. The van der Waals surface area contributed by atoms with Crippen molar-refractivity contribution >= 4 is 9.84 Å². The summed E-state index contributed by atoms with van der Waals surface area (Å²) in [5, 5.41) is 8.79. The van der Waals surface area contributed by atoms with E-state index >= 15 is 0 Å². The highest BCUT2D eigenvalue weighted by molar-refractivity contribution is 7.91. The predicted molar refractivity (Wildman–Crippen MR) is 79.1 cm³/mol. The molecule has 1 aliphatic carbocycles. The van der Waals surface area contributed by atoms with Crippen LogP contribution < -0.4 is 0 Å². The molecule has 1 aromatic carbocycles.